The normalized spacial score (nSPS) is 10.2. The van der Waals surface area contributed by atoms with Gasteiger partial charge < -0.3 is 19.9 Å². The lowest BCUT2D eigenvalue weighted by molar-refractivity contribution is 0.307. The summed E-state index contributed by atoms with van der Waals surface area (Å²) in [6, 6.07) is 3.88. The number of methoxy groups -OCH3 is 2. The highest BCUT2D eigenvalue weighted by molar-refractivity contribution is 5.50. The summed E-state index contributed by atoms with van der Waals surface area (Å²) in [5.74, 6) is 2.31. The fraction of sp³-hybridized carbons (Fsp3) is 0.571. The van der Waals surface area contributed by atoms with Gasteiger partial charge in [-0.25, -0.2) is 0 Å². The zero-order valence-electron chi connectivity index (χ0n) is 11.5. The van der Waals surface area contributed by atoms with Crippen LogP contribution >= 0.6 is 0 Å². The van der Waals surface area contributed by atoms with Crippen LogP contribution in [0.5, 0.6) is 17.2 Å². The number of hydrogen-bond acceptors (Lipinski definition) is 4. The Hall–Kier alpha value is -1.42. The standard InChI is InChI=1S/C14H23NO3/c1-4-18-14-9-11(7-5-6-8-15)12(16-2)10-13(14)17-3/h9-10H,4-8,15H2,1-3H3. The fourth-order valence-electron chi connectivity index (χ4n) is 1.86. The lowest BCUT2D eigenvalue weighted by atomic mass is 10.1. The van der Waals surface area contributed by atoms with Gasteiger partial charge in [0, 0.05) is 6.07 Å². The van der Waals surface area contributed by atoms with E-state index in [1.807, 2.05) is 19.1 Å². The minimum absolute atomic E-state index is 0.616. The van der Waals surface area contributed by atoms with E-state index in [2.05, 4.69) is 0 Å². The lowest BCUT2D eigenvalue weighted by Crippen LogP contribution is -2.02. The molecular formula is C14H23NO3. The molecule has 1 aromatic carbocycles. The maximum absolute atomic E-state index is 5.57. The van der Waals surface area contributed by atoms with E-state index in [0.717, 1.165) is 42.9 Å². The molecule has 0 saturated heterocycles. The van der Waals surface area contributed by atoms with Gasteiger partial charge >= 0.3 is 0 Å². The van der Waals surface area contributed by atoms with Crippen molar-refractivity contribution in [3.63, 3.8) is 0 Å². The molecular weight excluding hydrogens is 230 g/mol. The monoisotopic (exact) mass is 253 g/mol. The van der Waals surface area contributed by atoms with E-state index in [1.165, 1.54) is 0 Å². The van der Waals surface area contributed by atoms with Gasteiger partial charge in [0.15, 0.2) is 11.5 Å². The zero-order valence-corrected chi connectivity index (χ0v) is 11.5. The van der Waals surface area contributed by atoms with Crippen LogP contribution in [0.15, 0.2) is 12.1 Å². The Bertz CT molecular complexity index is 366. The number of hydrogen-bond donors (Lipinski definition) is 1. The predicted octanol–water partition coefficient (Wildman–Crippen LogP) is 2.38. The first-order valence-corrected chi connectivity index (χ1v) is 6.34. The molecule has 18 heavy (non-hydrogen) atoms. The van der Waals surface area contributed by atoms with E-state index in [4.69, 9.17) is 19.9 Å². The molecule has 0 fully saturated rings. The van der Waals surface area contributed by atoms with Crippen molar-refractivity contribution in [2.75, 3.05) is 27.4 Å². The summed E-state index contributed by atoms with van der Waals surface area (Å²) >= 11 is 0. The van der Waals surface area contributed by atoms with Gasteiger partial charge in [0.1, 0.15) is 5.75 Å². The number of unbranched alkanes of at least 4 members (excludes halogenated alkanes) is 1. The zero-order chi connectivity index (χ0) is 13.4. The Morgan fingerprint density at radius 1 is 1.00 bits per heavy atom. The van der Waals surface area contributed by atoms with Crippen molar-refractivity contribution in [1.82, 2.24) is 0 Å². The highest BCUT2D eigenvalue weighted by Gasteiger charge is 2.11. The molecule has 0 amide bonds. The molecule has 0 spiro atoms. The van der Waals surface area contributed by atoms with Crippen molar-refractivity contribution in [3.05, 3.63) is 17.7 Å². The average Bonchev–Trinajstić information content (AvgIpc) is 2.39. The van der Waals surface area contributed by atoms with E-state index in [1.54, 1.807) is 14.2 Å². The number of aryl methyl sites for hydroxylation is 1. The van der Waals surface area contributed by atoms with E-state index in [0.29, 0.717) is 12.4 Å². The molecule has 0 aliphatic heterocycles. The number of rotatable bonds is 8. The second-order valence-electron chi connectivity index (χ2n) is 3.99. The molecule has 0 aliphatic carbocycles. The number of benzene rings is 1. The Morgan fingerprint density at radius 2 is 1.72 bits per heavy atom. The van der Waals surface area contributed by atoms with Crippen molar-refractivity contribution >= 4 is 0 Å². The molecule has 0 bridgehead atoms. The highest BCUT2D eigenvalue weighted by atomic mass is 16.5. The first-order chi connectivity index (χ1) is 8.76. The van der Waals surface area contributed by atoms with E-state index in [-0.39, 0.29) is 0 Å². The average molecular weight is 253 g/mol. The number of nitrogens with two attached hydrogens (primary N) is 1. The van der Waals surface area contributed by atoms with Crippen molar-refractivity contribution in [2.45, 2.75) is 26.2 Å². The molecule has 1 aromatic rings. The van der Waals surface area contributed by atoms with Crippen molar-refractivity contribution < 1.29 is 14.2 Å². The van der Waals surface area contributed by atoms with Crippen LogP contribution in [0.3, 0.4) is 0 Å². The molecule has 4 heteroatoms. The topological polar surface area (TPSA) is 53.7 Å². The van der Waals surface area contributed by atoms with Gasteiger partial charge in [0.2, 0.25) is 0 Å². The van der Waals surface area contributed by atoms with Gasteiger partial charge in [-0.1, -0.05) is 0 Å². The van der Waals surface area contributed by atoms with Gasteiger partial charge in [-0.15, -0.1) is 0 Å². The fourth-order valence-corrected chi connectivity index (χ4v) is 1.86. The third-order valence-corrected chi connectivity index (χ3v) is 2.77. The van der Waals surface area contributed by atoms with Gasteiger partial charge in [0.25, 0.3) is 0 Å². The van der Waals surface area contributed by atoms with Crippen LogP contribution in [0.25, 0.3) is 0 Å². The largest absolute Gasteiger partial charge is 0.496 e. The quantitative estimate of drug-likeness (QED) is 0.723. The van der Waals surface area contributed by atoms with Gasteiger partial charge in [0.05, 0.1) is 20.8 Å². The summed E-state index contributed by atoms with van der Waals surface area (Å²) in [5.41, 5.74) is 6.64. The molecule has 0 aliphatic rings. The Labute approximate surface area is 109 Å². The first kappa shape index (κ1) is 14.6. The van der Waals surface area contributed by atoms with E-state index < -0.39 is 0 Å². The summed E-state index contributed by atoms with van der Waals surface area (Å²) in [4.78, 5) is 0. The Morgan fingerprint density at radius 3 is 2.28 bits per heavy atom. The highest BCUT2D eigenvalue weighted by Crippen LogP contribution is 2.35. The van der Waals surface area contributed by atoms with Crippen LogP contribution in [0, 0.1) is 0 Å². The summed E-state index contributed by atoms with van der Waals surface area (Å²) in [6.45, 7) is 3.29. The van der Waals surface area contributed by atoms with Gasteiger partial charge in [-0.3, -0.25) is 0 Å². The van der Waals surface area contributed by atoms with E-state index >= 15 is 0 Å². The first-order valence-electron chi connectivity index (χ1n) is 6.34. The predicted molar refractivity (Wildman–Crippen MR) is 72.7 cm³/mol. The van der Waals surface area contributed by atoms with Gasteiger partial charge in [-0.2, -0.15) is 0 Å². The molecule has 0 heterocycles. The van der Waals surface area contributed by atoms with Gasteiger partial charge in [-0.05, 0) is 44.4 Å². The summed E-state index contributed by atoms with van der Waals surface area (Å²) in [7, 11) is 3.30. The summed E-state index contributed by atoms with van der Waals surface area (Å²) < 4.78 is 16.2. The molecule has 4 nitrogen and oxygen atoms in total. The molecule has 102 valence electrons. The Balaban J connectivity index is 2.95. The minimum atomic E-state index is 0.616. The minimum Gasteiger partial charge on any atom is -0.496 e. The maximum atomic E-state index is 5.57. The van der Waals surface area contributed by atoms with Crippen LogP contribution < -0.4 is 19.9 Å². The van der Waals surface area contributed by atoms with E-state index in [9.17, 15) is 0 Å². The Kier molecular flexibility index (Phi) is 6.36. The lowest BCUT2D eigenvalue weighted by Gasteiger charge is -2.14. The van der Waals surface area contributed by atoms with Crippen molar-refractivity contribution in [2.24, 2.45) is 5.73 Å². The maximum Gasteiger partial charge on any atom is 0.164 e. The molecule has 0 radical (unpaired) electrons. The molecule has 0 unspecified atom stereocenters. The molecule has 1 rings (SSSR count). The van der Waals surface area contributed by atoms with Crippen LogP contribution in [0.1, 0.15) is 25.3 Å². The second-order valence-corrected chi connectivity index (χ2v) is 3.99. The van der Waals surface area contributed by atoms with Crippen molar-refractivity contribution in [3.8, 4) is 17.2 Å². The smallest absolute Gasteiger partial charge is 0.164 e. The molecule has 2 N–H and O–H groups in total. The van der Waals surface area contributed by atoms with Crippen molar-refractivity contribution in [1.29, 1.82) is 0 Å². The SMILES string of the molecule is CCOc1cc(CCCCN)c(OC)cc1OC. The van der Waals surface area contributed by atoms with Crippen LogP contribution in [0.2, 0.25) is 0 Å². The van der Waals surface area contributed by atoms with Crippen LogP contribution in [-0.2, 0) is 6.42 Å². The number of ether oxygens (including phenoxy) is 3. The second kappa shape index (κ2) is 7.82. The third-order valence-electron chi connectivity index (χ3n) is 2.77. The van der Waals surface area contributed by atoms with Crippen LogP contribution in [-0.4, -0.2) is 27.4 Å². The summed E-state index contributed by atoms with van der Waals surface area (Å²) in [6.07, 6.45) is 2.99. The van der Waals surface area contributed by atoms with Crippen LogP contribution in [0.4, 0.5) is 0 Å². The molecule has 0 atom stereocenters. The third kappa shape index (κ3) is 3.81. The summed E-state index contributed by atoms with van der Waals surface area (Å²) in [5, 5.41) is 0. The molecule has 0 saturated carbocycles. The molecule has 0 aromatic heterocycles.